The van der Waals surface area contributed by atoms with Crippen molar-refractivity contribution >= 4 is 11.3 Å². The van der Waals surface area contributed by atoms with Gasteiger partial charge < -0.3 is 5.11 Å². The second-order valence-electron chi connectivity index (χ2n) is 3.66. The zero-order chi connectivity index (χ0) is 8.65. The van der Waals surface area contributed by atoms with Crippen LogP contribution in [0.25, 0.3) is 0 Å². The fourth-order valence-electron chi connectivity index (χ4n) is 0.709. The fourth-order valence-corrected chi connectivity index (χ4v) is 1.57. The Morgan fingerprint density at radius 1 is 1.36 bits per heavy atom. The smallest absolute Gasteiger partial charge is 0.194 e. The van der Waals surface area contributed by atoms with Gasteiger partial charge >= 0.3 is 0 Å². The van der Waals surface area contributed by atoms with Crippen molar-refractivity contribution < 1.29 is 5.11 Å². The lowest BCUT2D eigenvalue weighted by Gasteiger charge is -2.13. The first kappa shape index (κ1) is 8.53. The number of thiazole rings is 1. The van der Waals surface area contributed by atoms with Gasteiger partial charge in [0.15, 0.2) is 5.06 Å². The molecule has 0 spiro atoms. The lowest BCUT2D eigenvalue weighted by Crippen LogP contribution is -2.10. The number of rotatable bonds is 0. The van der Waals surface area contributed by atoms with Crippen LogP contribution in [0.2, 0.25) is 0 Å². The highest BCUT2D eigenvalue weighted by Crippen LogP contribution is 2.32. The van der Waals surface area contributed by atoms with Crippen molar-refractivity contribution in [1.82, 2.24) is 4.98 Å². The molecule has 1 aromatic heterocycles. The molecule has 0 aliphatic carbocycles. The molecule has 1 N–H and O–H groups in total. The van der Waals surface area contributed by atoms with Crippen LogP contribution in [0, 0.1) is 6.92 Å². The number of aromatic nitrogens is 1. The third-order valence-electron chi connectivity index (χ3n) is 1.41. The Labute approximate surface area is 70.9 Å². The van der Waals surface area contributed by atoms with Gasteiger partial charge in [-0.1, -0.05) is 32.1 Å². The van der Waals surface area contributed by atoms with Crippen LogP contribution in [-0.2, 0) is 5.41 Å². The number of aromatic hydroxyl groups is 1. The Bertz CT molecular complexity index is 240. The summed E-state index contributed by atoms with van der Waals surface area (Å²) in [7, 11) is 0. The molecule has 11 heavy (non-hydrogen) atoms. The van der Waals surface area contributed by atoms with Crippen LogP contribution in [0.4, 0.5) is 0 Å². The van der Waals surface area contributed by atoms with E-state index in [1.165, 1.54) is 11.3 Å². The van der Waals surface area contributed by atoms with Crippen molar-refractivity contribution in [1.29, 1.82) is 0 Å². The van der Waals surface area contributed by atoms with E-state index in [0.29, 0.717) is 5.06 Å². The maximum absolute atomic E-state index is 9.26. The Kier molecular flexibility index (Phi) is 1.92. The molecule has 1 aromatic rings. The molecule has 1 rings (SSSR count). The molecule has 0 aliphatic rings. The summed E-state index contributed by atoms with van der Waals surface area (Å²) >= 11 is 1.37. The summed E-state index contributed by atoms with van der Waals surface area (Å²) in [6, 6.07) is 0. The fraction of sp³-hybridized carbons (Fsp3) is 0.625. The van der Waals surface area contributed by atoms with Crippen molar-refractivity contribution in [3.63, 3.8) is 0 Å². The summed E-state index contributed by atoms with van der Waals surface area (Å²) < 4.78 is 0. The maximum atomic E-state index is 9.26. The Morgan fingerprint density at radius 2 is 1.91 bits per heavy atom. The molecule has 0 unspecified atom stereocenters. The SMILES string of the molecule is Cc1nc(C(C)(C)C)sc1O. The molecule has 0 amide bonds. The third-order valence-corrected chi connectivity index (χ3v) is 2.80. The lowest BCUT2D eigenvalue weighted by atomic mass is 9.98. The number of hydrogen-bond acceptors (Lipinski definition) is 3. The van der Waals surface area contributed by atoms with Gasteiger partial charge in [-0.15, -0.1) is 0 Å². The van der Waals surface area contributed by atoms with Gasteiger partial charge in [0, 0.05) is 5.41 Å². The van der Waals surface area contributed by atoms with Crippen molar-refractivity contribution in [3.05, 3.63) is 10.7 Å². The van der Waals surface area contributed by atoms with E-state index in [9.17, 15) is 5.11 Å². The lowest BCUT2D eigenvalue weighted by molar-refractivity contribution is 0.485. The Hall–Kier alpha value is -0.570. The van der Waals surface area contributed by atoms with Crippen LogP contribution < -0.4 is 0 Å². The molecule has 0 saturated carbocycles. The van der Waals surface area contributed by atoms with Crippen LogP contribution >= 0.6 is 11.3 Å². The van der Waals surface area contributed by atoms with E-state index in [0.717, 1.165) is 10.7 Å². The van der Waals surface area contributed by atoms with E-state index in [1.54, 1.807) is 0 Å². The van der Waals surface area contributed by atoms with E-state index < -0.39 is 0 Å². The van der Waals surface area contributed by atoms with Crippen molar-refractivity contribution in [3.8, 4) is 5.06 Å². The van der Waals surface area contributed by atoms with Crippen molar-refractivity contribution in [2.75, 3.05) is 0 Å². The van der Waals surface area contributed by atoms with Gasteiger partial charge in [0.05, 0.1) is 5.69 Å². The number of nitrogens with zero attached hydrogens (tertiary/aromatic N) is 1. The first-order valence-corrected chi connectivity index (χ1v) is 4.40. The molecular weight excluding hydrogens is 158 g/mol. The molecule has 3 heteroatoms. The van der Waals surface area contributed by atoms with Gasteiger partial charge in [-0.05, 0) is 6.92 Å². The Morgan fingerprint density at radius 3 is 2.09 bits per heavy atom. The molecular formula is C8H13NOS. The zero-order valence-corrected chi connectivity index (χ0v) is 8.12. The zero-order valence-electron chi connectivity index (χ0n) is 7.30. The second kappa shape index (κ2) is 2.48. The Balaban J connectivity index is 3.08. The summed E-state index contributed by atoms with van der Waals surface area (Å²) in [6.45, 7) is 8.08. The molecule has 1 heterocycles. The van der Waals surface area contributed by atoms with Gasteiger partial charge in [0.25, 0.3) is 0 Å². The molecule has 0 radical (unpaired) electrons. The maximum Gasteiger partial charge on any atom is 0.194 e. The minimum atomic E-state index is 0.0520. The van der Waals surface area contributed by atoms with Gasteiger partial charge in [-0.3, -0.25) is 0 Å². The minimum absolute atomic E-state index is 0.0520. The highest BCUT2D eigenvalue weighted by Gasteiger charge is 2.19. The quantitative estimate of drug-likeness (QED) is 0.650. The normalized spacial score (nSPS) is 12.0. The summed E-state index contributed by atoms with van der Waals surface area (Å²) in [5.41, 5.74) is 0.788. The van der Waals surface area contributed by atoms with Crippen LogP contribution in [0.5, 0.6) is 5.06 Å². The summed E-state index contributed by atoms with van der Waals surface area (Å²) in [5, 5.41) is 10.6. The molecule has 0 fully saturated rings. The second-order valence-corrected chi connectivity index (χ2v) is 4.64. The predicted molar refractivity (Wildman–Crippen MR) is 47.2 cm³/mol. The highest BCUT2D eigenvalue weighted by molar-refractivity contribution is 7.13. The number of hydrogen-bond donors (Lipinski definition) is 1. The predicted octanol–water partition coefficient (Wildman–Crippen LogP) is 2.45. The van der Waals surface area contributed by atoms with Gasteiger partial charge in [0.2, 0.25) is 0 Å². The van der Waals surface area contributed by atoms with Crippen LogP contribution in [0.3, 0.4) is 0 Å². The van der Waals surface area contributed by atoms with E-state index in [2.05, 4.69) is 25.8 Å². The molecule has 0 saturated heterocycles. The molecule has 0 aliphatic heterocycles. The highest BCUT2D eigenvalue weighted by atomic mass is 32.1. The first-order chi connectivity index (χ1) is 4.91. The summed E-state index contributed by atoms with van der Waals surface area (Å²) in [4.78, 5) is 4.25. The van der Waals surface area contributed by atoms with Crippen LogP contribution in [0.1, 0.15) is 31.5 Å². The molecule has 0 bridgehead atoms. The van der Waals surface area contributed by atoms with E-state index >= 15 is 0 Å². The van der Waals surface area contributed by atoms with Crippen molar-refractivity contribution in [2.24, 2.45) is 0 Å². The van der Waals surface area contributed by atoms with Gasteiger partial charge in [-0.25, -0.2) is 4.98 Å². The topological polar surface area (TPSA) is 33.1 Å². The van der Waals surface area contributed by atoms with E-state index in [4.69, 9.17) is 0 Å². The van der Waals surface area contributed by atoms with Crippen LogP contribution in [0.15, 0.2) is 0 Å². The summed E-state index contributed by atoms with van der Waals surface area (Å²) in [5.74, 6) is 0. The first-order valence-electron chi connectivity index (χ1n) is 3.58. The van der Waals surface area contributed by atoms with Gasteiger partial charge in [0.1, 0.15) is 5.01 Å². The molecule has 2 nitrogen and oxygen atoms in total. The molecule has 0 atom stereocenters. The van der Waals surface area contributed by atoms with E-state index in [-0.39, 0.29) is 5.41 Å². The van der Waals surface area contributed by atoms with Gasteiger partial charge in [-0.2, -0.15) is 0 Å². The largest absolute Gasteiger partial charge is 0.498 e. The van der Waals surface area contributed by atoms with Crippen molar-refractivity contribution in [2.45, 2.75) is 33.1 Å². The van der Waals surface area contributed by atoms with E-state index in [1.807, 2.05) is 6.92 Å². The monoisotopic (exact) mass is 171 g/mol. The standard InChI is InChI=1S/C8H13NOS/c1-5-6(10)11-7(9-5)8(2,3)4/h10H,1-4H3. The average Bonchev–Trinajstić information content (AvgIpc) is 2.11. The molecule has 62 valence electrons. The average molecular weight is 171 g/mol. The minimum Gasteiger partial charge on any atom is -0.498 e. The van der Waals surface area contributed by atoms with Crippen LogP contribution in [-0.4, -0.2) is 10.1 Å². The summed E-state index contributed by atoms with van der Waals surface area (Å²) in [6.07, 6.45) is 0. The molecule has 0 aromatic carbocycles. The number of aryl methyl sites for hydroxylation is 1. The third kappa shape index (κ3) is 1.71.